The van der Waals surface area contributed by atoms with Crippen LogP contribution < -0.4 is 38.1 Å². The highest BCUT2D eigenvalue weighted by Gasteiger charge is 2.37. The van der Waals surface area contributed by atoms with Crippen molar-refractivity contribution in [2.75, 3.05) is 19.7 Å². The number of aliphatic hydroxyl groups is 1. The summed E-state index contributed by atoms with van der Waals surface area (Å²) in [5.41, 5.74) is 13.5. The van der Waals surface area contributed by atoms with Gasteiger partial charge in [-0.2, -0.15) is 0 Å². The second kappa shape index (κ2) is 32.8. The number of nitrogens with zero attached hydrogens (tertiary/aromatic N) is 1. The fraction of sp³-hybridized carbons (Fsp3) is 0.569. The molecule has 2 aromatic carbocycles. The van der Waals surface area contributed by atoms with Crippen LogP contribution in [0.15, 0.2) is 77.4 Å². The predicted molar refractivity (Wildman–Crippen MR) is 293 cm³/mol. The Kier molecular flexibility index (Phi) is 26.9. The first-order chi connectivity index (χ1) is 37.2. The lowest BCUT2D eigenvalue weighted by molar-refractivity contribution is -0.143. The van der Waals surface area contributed by atoms with Crippen LogP contribution in [0.5, 0.6) is 0 Å². The number of hydrogen-bond donors (Lipinski definition) is 9. The number of aliphatic hydroxyl groups excluding tert-OH is 1. The van der Waals surface area contributed by atoms with E-state index in [1.165, 1.54) is 6.20 Å². The number of ketones is 4. The highest BCUT2D eigenvalue weighted by Crippen LogP contribution is 2.24. The molecule has 11 N–H and O–H groups in total. The standard InChI is InChI=1S/C58H82N8O12/c1-35(2)24-46(51(70)30-42(34-67)56(75)66-48(58(77)78)27-39-20-23-61-33-39)64-55(74)40(25-37-14-7-5-8-15-37)28-49(68)45(18-11-12-21-59)63-54(73)41(26-38-16-9-6-10-17-38)29-50(69)47(32-53(60)72)65-57(76)43(36(3)4)31-52(71)44-19-13-22-62-44/h5-10,14-17,23,33,35-36,40-48,62,67H,11-13,18-22,24-32,34,59H2,1-4H3,(H2,60,72)(H,63,73)(H,64,74)(H,65,76)(H,66,75)(H,77,78)/t40-,41-,42+,43+,44?,45+,46+,47+,48+/m1/s1. The number of rotatable bonds is 37. The number of carboxylic acid groups (broad SMARTS) is 1. The minimum Gasteiger partial charge on any atom is -0.480 e. The average molecular weight is 1080 g/mol. The molecule has 2 aliphatic rings. The van der Waals surface area contributed by atoms with Gasteiger partial charge in [0.1, 0.15) is 6.04 Å². The first-order valence-electron chi connectivity index (χ1n) is 27.3. The van der Waals surface area contributed by atoms with Crippen molar-refractivity contribution in [2.24, 2.45) is 52.0 Å². The molecular formula is C58H82N8O12. The summed E-state index contributed by atoms with van der Waals surface area (Å²) in [6.07, 6.45) is 4.13. The maximum atomic E-state index is 14.7. The van der Waals surface area contributed by atoms with Crippen LogP contribution in [0.1, 0.15) is 122 Å². The lowest BCUT2D eigenvalue weighted by Crippen LogP contribution is -2.50. The molecule has 0 aromatic heterocycles. The monoisotopic (exact) mass is 1080 g/mol. The summed E-state index contributed by atoms with van der Waals surface area (Å²) in [5, 5.41) is 34.1. The number of aliphatic carboxylic acids is 1. The molecule has 5 amide bonds. The number of unbranched alkanes of at least 4 members (excludes halogenated alkanes) is 1. The van der Waals surface area contributed by atoms with Gasteiger partial charge in [0.15, 0.2) is 23.1 Å². The van der Waals surface area contributed by atoms with E-state index < -0.39 is 133 Å². The lowest BCUT2D eigenvalue weighted by Gasteiger charge is -2.27. The number of carbonyl (C=O) groups excluding carboxylic acids is 9. The Morgan fingerprint density at radius 3 is 1.67 bits per heavy atom. The summed E-state index contributed by atoms with van der Waals surface area (Å²) in [6, 6.07) is 12.2. The van der Waals surface area contributed by atoms with Gasteiger partial charge in [-0.25, -0.2) is 4.79 Å². The van der Waals surface area contributed by atoms with E-state index in [0.717, 1.165) is 6.42 Å². The van der Waals surface area contributed by atoms with Crippen LogP contribution in [0.25, 0.3) is 0 Å². The third-order valence-corrected chi connectivity index (χ3v) is 14.3. The number of Topliss-reactive ketones (excluding diaryl/α,β-unsaturated/α-hetero) is 4. The van der Waals surface area contributed by atoms with Crippen molar-refractivity contribution < 1.29 is 58.2 Å². The maximum absolute atomic E-state index is 14.7. The average Bonchev–Trinajstić information content (AvgIpc) is 4.14. The minimum atomic E-state index is -1.43. The van der Waals surface area contributed by atoms with Crippen molar-refractivity contribution in [3.05, 3.63) is 83.6 Å². The highest BCUT2D eigenvalue weighted by atomic mass is 16.4. The van der Waals surface area contributed by atoms with E-state index in [4.69, 9.17) is 11.5 Å². The molecule has 20 nitrogen and oxygen atoms in total. The smallest absolute Gasteiger partial charge is 0.326 e. The molecule has 1 unspecified atom stereocenters. The summed E-state index contributed by atoms with van der Waals surface area (Å²) in [4.78, 5) is 141. The Labute approximate surface area is 457 Å². The van der Waals surface area contributed by atoms with Gasteiger partial charge in [-0.1, -0.05) is 88.4 Å². The maximum Gasteiger partial charge on any atom is 0.326 e. The Bertz CT molecular complexity index is 2420. The molecule has 0 radical (unpaired) electrons. The van der Waals surface area contributed by atoms with Crippen molar-refractivity contribution >= 4 is 64.9 Å². The van der Waals surface area contributed by atoms with Crippen LogP contribution in [0.2, 0.25) is 0 Å². The van der Waals surface area contributed by atoms with Crippen molar-refractivity contribution in [3.63, 3.8) is 0 Å². The fourth-order valence-corrected chi connectivity index (χ4v) is 9.78. The number of hydrogen-bond acceptors (Lipinski definition) is 14. The zero-order valence-electron chi connectivity index (χ0n) is 45.6. The van der Waals surface area contributed by atoms with Crippen LogP contribution in [0.4, 0.5) is 0 Å². The van der Waals surface area contributed by atoms with Gasteiger partial charge >= 0.3 is 5.97 Å². The Hall–Kier alpha value is -6.77. The number of amides is 5. The highest BCUT2D eigenvalue weighted by molar-refractivity contribution is 5.99. The van der Waals surface area contributed by atoms with E-state index in [-0.39, 0.29) is 68.7 Å². The SMILES string of the molecule is CC(C)C[C@H](NC(=O)[C@@H](CC(=O)[C@H](CCCCN)NC(=O)[C@@H](CC(=O)[C@H](CC(N)=O)NC(=O)[C@@H](CC(=O)C1CCCN1)C(C)C)Cc1ccccc1)Cc1ccccc1)C(=O)C[C@@H](CO)C(=O)N[C@@H](CC1=CN=CC1)C(=O)O. The topological polar surface area (TPSA) is 336 Å². The van der Waals surface area contributed by atoms with Gasteiger partial charge in [0, 0.05) is 68.7 Å². The molecule has 9 atom stereocenters. The molecule has 78 heavy (non-hydrogen) atoms. The Morgan fingerprint density at radius 2 is 1.18 bits per heavy atom. The molecule has 20 heteroatoms. The van der Waals surface area contributed by atoms with E-state index in [0.29, 0.717) is 48.9 Å². The van der Waals surface area contributed by atoms with Gasteiger partial charge in [0.25, 0.3) is 0 Å². The van der Waals surface area contributed by atoms with Gasteiger partial charge in [-0.3, -0.25) is 48.1 Å². The molecule has 1 fully saturated rings. The normalized spacial score (nSPS) is 17.1. The Balaban J connectivity index is 1.58. The number of nitrogens with one attached hydrogen (secondary N) is 5. The second-order valence-corrected chi connectivity index (χ2v) is 21.5. The molecule has 1 saturated heterocycles. The van der Waals surface area contributed by atoms with E-state index in [1.807, 2.05) is 13.8 Å². The number of benzene rings is 2. The predicted octanol–water partition coefficient (Wildman–Crippen LogP) is 3.00. The molecule has 2 aromatic rings. The van der Waals surface area contributed by atoms with Crippen LogP contribution in [-0.2, 0) is 60.8 Å². The van der Waals surface area contributed by atoms with E-state index in [9.17, 15) is 58.2 Å². The Morgan fingerprint density at radius 1 is 0.654 bits per heavy atom. The zero-order chi connectivity index (χ0) is 57.3. The third kappa shape index (κ3) is 21.6. The molecule has 426 valence electrons. The number of carbonyl (C=O) groups is 10. The third-order valence-electron chi connectivity index (χ3n) is 14.3. The fourth-order valence-electron chi connectivity index (χ4n) is 9.78. The van der Waals surface area contributed by atoms with E-state index in [2.05, 4.69) is 31.6 Å². The van der Waals surface area contributed by atoms with Crippen molar-refractivity contribution in [1.29, 1.82) is 0 Å². The number of primary amides is 1. The molecule has 4 rings (SSSR count). The van der Waals surface area contributed by atoms with Crippen LogP contribution in [-0.4, -0.2) is 125 Å². The summed E-state index contributed by atoms with van der Waals surface area (Å²) in [6.45, 7) is 7.41. The van der Waals surface area contributed by atoms with Crippen LogP contribution in [0.3, 0.4) is 0 Å². The molecular weight excluding hydrogens is 1000 g/mol. The summed E-state index contributed by atoms with van der Waals surface area (Å²) < 4.78 is 0. The molecule has 2 heterocycles. The number of nitrogens with two attached hydrogens (primary N) is 2. The van der Waals surface area contributed by atoms with Crippen LogP contribution >= 0.6 is 0 Å². The van der Waals surface area contributed by atoms with Gasteiger partial charge in [0.05, 0.1) is 43.1 Å². The van der Waals surface area contributed by atoms with Crippen molar-refractivity contribution in [1.82, 2.24) is 26.6 Å². The van der Waals surface area contributed by atoms with E-state index >= 15 is 0 Å². The quantitative estimate of drug-likeness (QED) is 0.0440. The number of aliphatic imine (C=N–C) groups is 1. The second-order valence-electron chi connectivity index (χ2n) is 21.5. The molecule has 2 aliphatic heterocycles. The van der Waals surface area contributed by atoms with E-state index in [1.54, 1.807) is 80.7 Å². The number of carboxylic acids is 1. The van der Waals surface area contributed by atoms with Crippen molar-refractivity contribution in [2.45, 2.75) is 154 Å². The first-order valence-corrected chi connectivity index (χ1v) is 27.3. The van der Waals surface area contributed by atoms with Gasteiger partial charge in [-0.05, 0) is 93.0 Å². The molecule has 0 bridgehead atoms. The molecule has 0 saturated carbocycles. The zero-order valence-corrected chi connectivity index (χ0v) is 45.6. The lowest BCUT2D eigenvalue weighted by atomic mass is 9.86. The molecule has 0 aliphatic carbocycles. The first kappa shape index (κ1) is 63.8. The van der Waals surface area contributed by atoms with Gasteiger partial charge < -0.3 is 48.3 Å². The largest absolute Gasteiger partial charge is 0.480 e. The molecule has 0 spiro atoms. The van der Waals surface area contributed by atoms with Gasteiger partial charge in [-0.15, -0.1) is 0 Å². The van der Waals surface area contributed by atoms with Gasteiger partial charge in [0.2, 0.25) is 29.5 Å². The minimum absolute atomic E-state index is 0.0216. The summed E-state index contributed by atoms with van der Waals surface area (Å²) >= 11 is 0. The van der Waals surface area contributed by atoms with Crippen molar-refractivity contribution in [3.8, 4) is 0 Å². The van der Waals surface area contributed by atoms with Crippen LogP contribution in [0, 0.1) is 35.5 Å². The summed E-state index contributed by atoms with van der Waals surface area (Å²) in [5.74, 6) is -11.7. The summed E-state index contributed by atoms with van der Waals surface area (Å²) in [7, 11) is 0.